The van der Waals surface area contributed by atoms with Crippen molar-refractivity contribution in [2.45, 2.75) is 184 Å². The summed E-state index contributed by atoms with van der Waals surface area (Å²) in [6.07, 6.45) is 18.9. The molecule has 0 aromatic rings. The zero-order valence-corrected chi connectivity index (χ0v) is 36.6. The molecule has 1 spiro atoms. The molecule has 6 fully saturated rings. The lowest BCUT2D eigenvalue weighted by molar-refractivity contribution is -0.254. The van der Waals surface area contributed by atoms with E-state index in [9.17, 15) is 30.6 Å². The van der Waals surface area contributed by atoms with Crippen molar-refractivity contribution in [3.63, 3.8) is 0 Å². The topological polar surface area (TPSA) is 198 Å². The third-order valence-electron chi connectivity index (χ3n) is 18.7. The number of nitrogens with one attached hydrogen (secondary N) is 2. The summed E-state index contributed by atoms with van der Waals surface area (Å²) in [6.45, 7) is 7.93. The minimum Gasteiger partial charge on any atom is -0.392 e. The van der Waals surface area contributed by atoms with Gasteiger partial charge in [-0.1, -0.05) is 64.2 Å². The highest BCUT2D eigenvalue weighted by Gasteiger charge is 2.75. The first-order valence-corrected chi connectivity index (χ1v) is 24.0. The van der Waals surface area contributed by atoms with E-state index < -0.39 is 63.9 Å². The molecule has 0 bridgehead atoms. The Hall–Kier alpha value is -2.09. The molecule has 9 rings (SSSR count). The lowest BCUT2D eigenvalue weighted by Gasteiger charge is -2.64. The number of carbonyl (C=O) groups excluding carboxylic acids is 1. The molecule has 2 heterocycles. The van der Waals surface area contributed by atoms with Crippen LogP contribution in [-0.2, 0) is 9.53 Å². The first-order valence-electron chi connectivity index (χ1n) is 24.0. The Morgan fingerprint density at radius 3 is 2.52 bits per heavy atom. The lowest BCUT2D eigenvalue weighted by atomic mass is 9.41. The van der Waals surface area contributed by atoms with Gasteiger partial charge in [0.25, 0.3) is 0 Å². The number of carbonyl (C=O) groups is 1. The molecule has 0 amide bonds. The third kappa shape index (κ3) is 6.43. The first kappa shape index (κ1) is 43.2. The Morgan fingerprint density at radius 1 is 1.00 bits per heavy atom. The van der Waals surface area contributed by atoms with Gasteiger partial charge in [0.1, 0.15) is 5.60 Å². The summed E-state index contributed by atoms with van der Waals surface area (Å²) < 4.78 is 7.08. The van der Waals surface area contributed by atoms with Crippen LogP contribution in [0.4, 0.5) is 0 Å². The molecule has 60 heavy (non-hydrogen) atoms. The summed E-state index contributed by atoms with van der Waals surface area (Å²) in [5.74, 6) is -0.818. The maximum absolute atomic E-state index is 15.3. The van der Waals surface area contributed by atoms with Crippen LogP contribution in [0.5, 0.6) is 0 Å². The summed E-state index contributed by atoms with van der Waals surface area (Å²) in [5, 5.41) is 80.6. The van der Waals surface area contributed by atoms with Crippen LogP contribution in [0.15, 0.2) is 47.3 Å². The van der Waals surface area contributed by atoms with Gasteiger partial charge in [0, 0.05) is 30.0 Å². The molecular weight excluding hydrogens is 759 g/mol. The van der Waals surface area contributed by atoms with E-state index in [4.69, 9.17) is 10.5 Å². The fourth-order valence-electron chi connectivity index (χ4n) is 15.9. The van der Waals surface area contributed by atoms with E-state index in [0.717, 1.165) is 50.0 Å². The second-order valence-electron chi connectivity index (χ2n) is 21.9. The van der Waals surface area contributed by atoms with Gasteiger partial charge in [-0.25, -0.2) is 0 Å². The van der Waals surface area contributed by atoms with Crippen molar-refractivity contribution in [3.8, 4) is 0 Å². The van der Waals surface area contributed by atoms with Gasteiger partial charge in [-0.3, -0.25) is 4.79 Å². The number of aliphatic hydroxyl groups is 6. The van der Waals surface area contributed by atoms with Crippen LogP contribution in [0.2, 0.25) is 0 Å². The molecule has 5 saturated carbocycles. The second-order valence-corrected chi connectivity index (χ2v) is 21.9. The molecule has 11 heteroatoms. The molecule has 19 atom stereocenters. The van der Waals surface area contributed by atoms with Gasteiger partial charge in [-0.05, 0) is 143 Å². The number of ketones is 1. The van der Waals surface area contributed by atoms with E-state index in [2.05, 4.69) is 36.6 Å². The predicted octanol–water partition coefficient (Wildman–Crippen LogP) is 4.65. The van der Waals surface area contributed by atoms with E-state index in [1.165, 1.54) is 19.3 Å². The van der Waals surface area contributed by atoms with Crippen LogP contribution in [0.25, 0.3) is 0 Å². The lowest BCUT2D eigenvalue weighted by Crippen LogP contribution is -2.70. The number of dihydropyridines is 1. The van der Waals surface area contributed by atoms with Gasteiger partial charge in [0.05, 0.1) is 53.6 Å². The van der Waals surface area contributed by atoms with Crippen molar-refractivity contribution < 1.29 is 40.2 Å². The van der Waals surface area contributed by atoms with E-state index in [1.807, 2.05) is 25.3 Å². The highest BCUT2D eigenvalue weighted by molar-refractivity contribution is 6.00. The van der Waals surface area contributed by atoms with E-state index in [1.54, 1.807) is 6.92 Å². The molecule has 11 nitrogen and oxygen atoms in total. The average Bonchev–Trinajstić information content (AvgIpc) is 3.44. The van der Waals surface area contributed by atoms with Crippen LogP contribution in [-0.4, -0.2) is 96.5 Å². The van der Waals surface area contributed by atoms with Gasteiger partial charge < -0.3 is 51.7 Å². The summed E-state index contributed by atoms with van der Waals surface area (Å²) in [4.78, 5) is 15.3. The van der Waals surface area contributed by atoms with Crippen molar-refractivity contribution >= 4 is 5.78 Å². The number of hydrogen-bond donors (Lipinski definition) is 9. The van der Waals surface area contributed by atoms with Crippen LogP contribution in [0, 0.1) is 58.2 Å². The molecule has 0 radical (unpaired) electrons. The minimum absolute atomic E-state index is 0.0763. The zero-order chi connectivity index (χ0) is 42.6. The van der Waals surface area contributed by atoms with E-state index in [-0.39, 0.29) is 61.1 Å². The van der Waals surface area contributed by atoms with Crippen molar-refractivity contribution in [1.82, 2.24) is 10.6 Å². The molecule has 10 N–H and O–H groups in total. The molecule has 0 aromatic heterocycles. The molecule has 19 unspecified atom stereocenters. The maximum Gasteiger partial charge on any atom is 0.182 e. The van der Waals surface area contributed by atoms with Gasteiger partial charge >= 0.3 is 0 Å². The second kappa shape index (κ2) is 15.6. The molecule has 334 valence electrons. The number of hydrogen-bond acceptors (Lipinski definition) is 11. The Kier molecular flexibility index (Phi) is 11.2. The van der Waals surface area contributed by atoms with Crippen molar-refractivity contribution in [3.05, 3.63) is 47.3 Å². The molecule has 0 aromatic carbocycles. The minimum atomic E-state index is -1.64. The highest BCUT2D eigenvalue weighted by Crippen LogP contribution is 2.73. The van der Waals surface area contributed by atoms with Crippen molar-refractivity contribution in [2.75, 3.05) is 6.54 Å². The Balaban J connectivity index is 1.15. The van der Waals surface area contributed by atoms with Crippen molar-refractivity contribution in [2.24, 2.45) is 63.9 Å². The van der Waals surface area contributed by atoms with Crippen LogP contribution >= 0.6 is 0 Å². The Bertz CT molecular complexity index is 1790. The van der Waals surface area contributed by atoms with Crippen LogP contribution in [0.1, 0.15) is 130 Å². The predicted molar refractivity (Wildman–Crippen MR) is 228 cm³/mol. The molecular formula is C49H75N3O8. The number of Topliss-reactive ketones (excluding diaryl/α,β-unsaturated/α-hetero) is 1. The van der Waals surface area contributed by atoms with E-state index >= 15 is 4.79 Å². The molecule has 2 aliphatic heterocycles. The summed E-state index contributed by atoms with van der Waals surface area (Å²) in [5.41, 5.74) is 1.59. The number of allylic oxidation sites excluding steroid dienone is 5. The fraction of sp³-hybridized carbons (Fsp3) is 0.816. The monoisotopic (exact) mass is 834 g/mol. The summed E-state index contributed by atoms with van der Waals surface area (Å²) in [6, 6.07) is 0. The Labute approximate surface area is 357 Å². The van der Waals surface area contributed by atoms with E-state index in [0.29, 0.717) is 49.3 Å². The summed E-state index contributed by atoms with van der Waals surface area (Å²) in [7, 11) is 0. The van der Waals surface area contributed by atoms with Gasteiger partial charge in [0.15, 0.2) is 5.78 Å². The third-order valence-corrected chi connectivity index (χ3v) is 18.7. The van der Waals surface area contributed by atoms with Gasteiger partial charge in [-0.15, -0.1) is 0 Å². The smallest absolute Gasteiger partial charge is 0.182 e. The number of ether oxygens (including phenoxy) is 1. The van der Waals surface area contributed by atoms with Gasteiger partial charge in [-0.2, -0.15) is 0 Å². The number of fused-ring (bicyclic) bond motifs is 5. The molecule has 7 aliphatic carbocycles. The largest absolute Gasteiger partial charge is 0.392 e. The number of nitrogens with two attached hydrogens (primary N) is 1. The SMILES string of the molecule is CCCC1CCC2OC3C(CCCCC3(O)C(C)(O)C3CCC4(O)C5=C(NCC(C)O)C(=O)C6CC(O)C(O)CC67CC(C6=CNC(N)C=C6)C=CC(CC34C)C57)C2CC1. The number of aliphatic hydroxyl groups excluding tert-OH is 3. The van der Waals surface area contributed by atoms with Gasteiger partial charge in [0.2, 0.25) is 0 Å². The number of rotatable bonds is 8. The normalized spacial score (nSPS) is 50.0. The quantitative estimate of drug-likeness (QED) is 0.155. The standard InChI is InChI=1S/C49H75N3O8/c1-5-8-28-10-15-32-33-9-6-7-19-49(59,44(33)60-37(32)16-11-28)46(4,57)38-18-20-48(58)41-40-30(22-45(38,48)3)13-12-29(31-14-17-39(50)51-26-31)23-47(40)24-36(55)35(54)21-34(47)43(56)42(41)52-25-27(2)53/h12-14,17,26-30,32-40,44,51-55,57-59H,5-11,15-16,18-25,50H2,1-4H3. The van der Waals surface area contributed by atoms with Crippen LogP contribution < -0.4 is 16.4 Å². The maximum atomic E-state index is 15.3. The molecule has 1 saturated heterocycles. The Morgan fingerprint density at radius 2 is 1.78 bits per heavy atom. The van der Waals surface area contributed by atoms with Crippen LogP contribution in [0.3, 0.4) is 0 Å². The van der Waals surface area contributed by atoms with Crippen molar-refractivity contribution in [1.29, 1.82) is 0 Å². The highest BCUT2D eigenvalue weighted by atomic mass is 16.5. The first-order chi connectivity index (χ1) is 28.5. The fourth-order valence-corrected chi connectivity index (χ4v) is 15.9. The average molecular weight is 834 g/mol. The zero-order valence-electron chi connectivity index (χ0n) is 36.6. The molecule has 9 aliphatic rings. The summed E-state index contributed by atoms with van der Waals surface area (Å²) >= 11 is 0.